The summed E-state index contributed by atoms with van der Waals surface area (Å²) in [6.07, 6.45) is 0. The minimum atomic E-state index is -0.105. The van der Waals surface area contributed by atoms with E-state index in [-0.39, 0.29) is 5.56 Å². The highest BCUT2D eigenvalue weighted by Gasteiger charge is 2.03. The highest BCUT2D eigenvalue weighted by Crippen LogP contribution is 2.00. The summed E-state index contributed by atoms with van der Waals surface area (Å²) in [7, 11) is 0. The fourth-order valence-corrected chi connectivity index (χ4v) is 1.13. The van der Waals surface area contributed by atoms with E-state index in [1.807, 2.05) is 30.3 Å². The van der Waals surface area contributed by atoms with Crippen LogP contribution in [-0.2, 0) is 0 Å². The van der Waals surface area contributed by atoms with Crippen LogP contribution >= 0.6 is 0 Å². The van der Waals surface area contributed by atoms with Crippen LogP contribution < -0.4 is 5.56 Å². The molecule has 0 unspecified atom stereocenters. The molecule has 2 rings (SSSR count). The zero-order chi connectivity index (χ0) is 9.26. The average molecular weight is 175 g/mol. The Morgan fingerprint density at radius 1 is 1.31 bits per heavy atom. The van der Waals surface area contributed by atoms with Crippen molar-refractivity contribution in [3.05, 3.63) is 46.4 Å². The van der Waals surface area contributed by atoms with Crippen LogP contribution in [0.5, 0.6) is 0 Å². The minimum absolute atomic E-state index is 0.105. The number of aryl methyl sites for hydroxylation is 1. The first kappa shape index (κ1) is 7.79. The molecule has 1 aromatic carbocycles. The predicted octanol–water partition coefficient (Wildman–Crippen LogP) is 0.869. The standard InChI is InChI=1S/C9H9N3O/c1-7-9(13)12(11-10-7)8-5-3-2-4-6-8/h2-6,11H,1H3. The van der Waals surface area contributed by atoms with Gasteiger partial charge in [-0.3, -0.25) is 4.79 Å². The highest BCUT2D eigenvalue weighted by atomic mass is 16.1. The molecule has 0 saturated heterocycles. The summed E-state index contributed by atoms with van der Waals surface area (Å²) in [5, 5.41) is 6.46. The van der Waals surface area contributed by atoms with Crippen LogP contribution in [0.15, 0.2) is 35.1 Å². The fraction of sp³-hybridized carbons (Fsp3) is 0.111. The zero-order valence-corrected chi connectivity index (χ0v) is 7.19. The van der Waals surface area contributed by atoms with Crippen molar-refractivity contribution in [1.82, 2.24) is 15.0 Å². The maximum atomic E-state index is 11.4. The molecule has 66 valence electrons. The van der Waals surface area contributed by atoms with Crippen molar-refractivity contribution in [1.29, 1.82) is 0 Å². The fourth-order valence-electron chi connectivity index (χ4n) is 1.13. The predicted molar refractivity (Wildman–Crippen MR) is 48.9 cm³/mol. The van der Waals surface area contributed by atoms with Crippen molar-refractivity contribution < 1.29 is 0 Å². The van der Waals surface area contributed by atoms with Crippen molar-refractivity contribution >= 4 is 0 Å². The topological polar surface area (TPSA) is 50.7 Å². The summed E-state index contributed by atoms with van der Waals surface area (Å²) >= 11 is 0. The molecule has 0 aliphatic rings. The van der Waals surface area contributed by atoms with E-state index in [4.69, 9.17) is 0 Å². The molecule has 0 radical (unpaired) electrons. The van der Waals surface area contributed by atoms with Gasteiger partial charge in [-0.05, 0) is 19.1 Å². The molecule has 0 atom stereocenters. The van der Waals surface area contributed by atoms with Gasteiger partial charge in [0.1, 0.15) is 5.69 Å². The summed E-state index contributed by atoms with van der Waals surface area (Å²) in [4.78, 5) is 11.4. The number of nitrogens with zero attached hydrogens (tertiary/aromatic N) is 2. The van der Waals surface area contributed by atoms with Gasteiger partial charge in [-0.2, -0.15) is 5.10 Å². The lowest BCUT2D eigenvalue weighted by atomic mass is 10.3. The van der Waals surface area contributed by atoms with E-state index < -0.39 is 0 Å². The van der Waals surface area contributed by atoms with Gasteiger partial charge in [-0.1, -0.05) is 18.2 Å². The monoisotopic (exact) mass is 175 g/mol. The van der Waals surface area contributed by atoms with E-state index in [0.717, 1.165) is 5.69 Å². The number of nitrogens with one attached hydrogen (secondary N) is 1. The SMILES string of the molecule is Cc1n[nH]n(-c2ccccc2)c1=O. The number of benzene rings is 1. The van der Waals surface area contributed by atoms with Gasteiger partial charge in [0, 0.05) is 0 Å². The molecule has 0 aliphatic heterocycles. The number of para-hydroxylation sites is 1. The average Bonchev–Trinajstić information content (AvgIpc) is 2.49. The van der Waals surface area contributed by atoms with E-state index in [1.165, 1.54) is 4.68 Å². The Hall–Kier alpha value is -1.84. The van der Waals surface area contributed by atoms with E-state index in [2.05, 4.69) is 10.3 Å². The molecule has 0 saturated carbocycles. The number of rotatable bonds is 1. The van der Waals surface area contributed by atoms with Crippen LogP contribution in [0.1, 0.15) is 5.69 Å². The molecular weight excluding hydrogens is 166 g/mol. The molecule has 1 N–H and O–H groups in total. The normalized spacial score (nSPS) is 10.2. The largest absolute Gasteiger partial charge is 0.294 e. The van der Waals surface area contributed by atoms with Crippen molar-refractivity contribution in [3.63, 3.8) is 0 Å². The summed E-state index contributed by atoms with van der Waals surface area (Å²) < 4.78 is 1.41. The quantitative estimate of drug-likeness (QED) is 0.699. The number of H-pyrrole nitrogens is 1. The molecule has 2 aromatic rings. The number of aromatic nitrogens is 3. The van der Waals surface area contributed by atoms with Gasteiger partial charge in [0.2, 0.25) is 0 Å². The minimum Gasteiger partial charge on any atom is -0.265 e. The zero-order valence-electron chi connectivity index (χ0n) is 7.19. The van der Waals surface area contributed by atoms with Crippen molar-refractivity contribution in [2.24, 2.45) is 0 Å². The van der Waals surface area contributed by atoms with Crippen LogP contribution in [0.3, 0.4) is 0 Å². The van der Waals surface area contributed by atoms with Gasteiger partial charge in [-0.25, -0.2) is 9.90 Å². The third kappa shape index (κ3) is 1.26. The Balaban J connectivity index is 2.60. The second-order valence-electron chi connectivity index (χ2n) is 2.77. The van der Waals surface area contributed by atoms with E-state index in [0.29, 0.717) is 5.69 Å². The molecule has 0 aliphatic carbocycles. The molecule has 4 nitrogen and oxygen atoms in total. The van der Waals surface area contributed by atoms with E-state index >= 15 is 0 Å². The maximum absolute atomic E-state index is 11.4. The Morgan fingerprint density at radius 2 is 2.00 bits per heavy atom. The first-order valence-electron chi connectivity index (χ1n) is 3.98. The molecule has 1 heterocycles. The molecule has 0 spiro atoms. The van der Waals surface area contributed by atoms with Gasteiger partial charge in [0.25, 0.3) is 5.56 Å². The smallest absolute Gasteiger partial charge is 0.265 e. The molecule has 0 bridgehead atoms. The van der Waals surface area contributed by atoms with Gasteiger partial charge in [-0.15, -0.1) is 0 Å². The summed E-state index contributed by atoms with van der Waals surface area (Å²) in [5.41, 5.74) is 1.17. The second kappa shape index (κ2) is 2.90. The number of hydrogen-bond donors (Lipinski definition) is 1. The Kier molecular flexibility index (Phi) is 1.73. The Labute approximate surface area is 74.8 Å². The van der Waals surface area contributed by atoms with Crippen LogP contribution in [0.2, 0.25) is 0 Å². The third-order valence-electron chi connectivity index (χ3n) is 1.84. The lowest BCUT2D eigenvalue weighted by molar-refractivity contribution is 0.785. The first-order chi connectivity index (χ1) is 6.29. The van der Waals surface area contributed by atoms with E-state index in [9.17, 15) is 4.79 Å². The van der Waals surface area contributed by atoms with Gasteiger partial charge in [0.15, 0.2) is 0 Å². The lowest BCUT2D eigenvalue weighted by Gasteiger charge is -1.97. The van der Waals surface area contributed by atoms with Crippen LogP contribution in [0.25, 0.3) is 5.69 Å². The van der Waals surface area contributed by atoms with Crippen molar-refractivity contribution in [2.75, 3.05) is 0 Å². The summed E-state index contributed by atoms with van der Waals surface area (Å²) in [6, 6.07) is 9.34. The highest BCUT2D eigenvalue weighted by molar-refractivity contribution is 5.29. The molecule has 4 heteroatoms. The van der Waals surface area contributed by atoms with Crippen LogP contribution in [0, 0.1) is 6.92 Å². The van der Waals surface area contributed by atoms with Gasteiger partial charge in [0.05, 0.1) is 5.69 Å². The van der Waals surface area contributed by atoms with Crippen molar-refractivity contribution in [3.8, 4) is 5.69 Å². The lowest BCUT2D eigenvalue weighted by Crippen LogP contribution is -2.15. The van der Waals surface area contributed by atoms with Crippen LogP contribution in [-0.4, -0.2) is 15.0 Å². The Bertz CT molecular complexity index is 455. The summed E-state index contributed by atoms with van der Waals surface area (Å²) in [6.45, 7) is 1.68. The Morgan fingerprint density at radius 3 is 2.54 bits per heavy atom. The third-order valence-corrected chi connectivity index (χ3v) is 1.84. The van der Waals surface area contributed by atoms with Gasteiger partial charge < -0.3 is 0 Å². The van der Waals surface area contributed by atoms with Crippen LogP contribution in [0.4, 0.5) is 0 Å². The second-order valence-corrected chi connectivity index (χ2v) is 2.77. The number of hydrogen-bond acceptors (Lipinski definition) is 2. The molecule has 0 fully saturated rings. The molecular formula is C9H9N3O. The first-order valence-corrected chi connectivity index (χ1v) is 3.98. The molecule has 1 aromatic heterocycles. The number of aromatic amines is 1. The maximum Gasteiger partial charge on any atom is 0.294 e. The summed E-state index contributed by atoms with van der Waals surface area (Å²) in [5.74, 6) is 0. The molecule has 13 heavy (non-hydrogen) atoms. The molecule has 0 amide bonds. The van der Waals surface area contributed by atoms with Crippen molar-refractivity contribution in [2.45, 2.75) is 6.92 Å². The van der Waals surface area contributed by atoms with E-state index in [1.54, 1.807) is 6.92 Å². The van der Waals surface area contributed by atoms with Gasteiger partial charge >= 0.3 is 0 Å².